The number of carbonyl (C=O) groups is 1. The van der Waals surface area contributed by atoms with Crippen LogP contribution >= 0.6 is 0 Å². The van der Waals surface area contributed by atoms with E-state index in [-0.39, 0.29) is 23.6 Å². The average Bonchev–Trinajstić information content (AvgIpc) is 2.85. The van der Waals surface area contributed by atoms with Crippen LogP contribution in [0.1, 0.15) is 12.7 Å². The van der Waals surface area contributed by atoms with Crippen molar-refractivity contribution < 1.29 is 18.9 Å². The number of nitro benzene ring substituents is 1. The van der Waals surface area contributed by atoms with E-state index in [2.05, 4.69) is 0 Å². The summed E-state index contributed by atoms with van der Waals surface area (Å²) in [5.74, 6) is 1.19. The lowest BCUT2D eigenvalue weighted by Crippen LogP contribution is -1.94. The van der Waals surface area contributed by atoms with Gasteiger partial charge < -0.3 is 9.15 Å². The van der Waals surface area contributed by atoms with Crippen molar-refractivity contribution in [3.63, 3.8) is 0 Å². The zero-order valence-corrected chi connectivity index (χ0v) is 11.1. The molecule has 104 valence electrons. The van der Waals surface area contributed by atoms with Crippen LogP contribution in [0.2, 0.25) is 0 Å². The van der Waals surface area contributed by atoms with Gasteiger partial charge in [-0.05, 0) is 31.2 Å². The van der Waals surface area contributed by atoms with Crippen molar-refractivity contribution in [1.29, 1.82) is 0 Å². The Morgan fingerprint density at radius 2 is 2.10 bits per heavy atom. The molecule has 0 bridgehead atoms. The highest BCUT2D eigenvalue weighted by molar-refractivity contribution is 5.77. The summed E-state index contributed by atoms with van der Waals surface area (Å²) < 4.78 is 10.4. The lowest BCUT2D eigenvalue weighted by atomic mass is 10.1. The van der Waals surface area contributed by atoms with Crippen LogP contribution in [0.4, 0.5) is 5.69 Å². The first-order valence-electron chi connectivity index (χ1n) is 5.92. The molecule has 0 spiro atoms. The third-order valence-electron chi connectivity index (χ3n) is 2.74. The molecule has 2 rings (SSSR count). The zero-order valence-electron chi connectivity index (χ0n) is 11.1. The van der Waals surface area contributed by atoms with E-state index >= 15 is 0 Å². The molecule has 0 radical (unpaired) electrons. The van der Waals surface area contributed by atoms with Gasteiger partial charge in [-0.25, -0.2) is 0 Å². The van der Waals surface area contributed by atoms with Crippen LogP contribution in [0.5, 0.6) is 5.75 Å². The molecule has 0 N–H and O–H groups in total. The molecule has 1 aromatic heterocycles. The number of nitrogens with zero attached hydrogens (tertiary/aromatic N) is 1. The molecule has 0 aliphatic rings. The maximum Gasteiger partial charge on any atom is 0.311 e. The van der Waals surface area contributed by atoms with Gasteiger partial charge in [-0.2, -0.15) is 0 Å². The highest BCUT2D eigenvalue weighted by atomic mass is 16.6. The van der Waals surface area contributed by atoms with Crippen molar-refractivity contribution in [3.8, 4) is 17.1 Å². The number of methoxy groups -OCH3 is 1. The minimum atomic E-state index is -0.512. The SMILES string of the molecule is COc1ccc(-c2ccc(CC(C)=O)o2)cc1[N+](=O)[O-]. The van der Waals surface area contributed by atoms with Crippen molar-refractivity contribution in [2.75, 3.05) is 7.11 Å². The number of carbonyl (C=O) groups excluding carboxylic acids is 1. The third-order valence-corrected chi connectivity index (χ3v) is 2.74. The molecule has 6 heteroatoms. The molecule has 0 fully saturated rings. The molecular formula is C14H13NO5. The first-order valence-corrected chi connectivity index (χ1v) is 5.92. The Morgan fingerprint density at radius 1 is 1.35 bits per heavy atom. The van der Waals surface area contributed by atoms with E-state index in [1.54, 1.807) is 18.2 Å². The van der Waals surface area contributed by atoms with Gasteiger partial charge in [0.2, 0.25) is 0 Å². The summed E-state index contributed by atoms with van der Waals surface area (Å²) in [6.07, 6.45) is 0.207. The van der Waals surface area contributed by atoms with Gasteiger partial charge in [0.25, 0.3) is 0 Å². The van der Waals surface area contributed by atoms with E-state index in [1.165, 1.54) is 26.2 Å². The second kappa shape index (κ2) is 5.56. The summed E-state index contributed by atoms with van der Waals surface area (Å²) in [7, 11) is 1.37. The first kappa shape index (κ1) is 13.8. The predicted molar refractivity (Wildman–Crippen MR) is 71.7 cm³/mol. The van der Waals surface area contributed by atoms with Crippen LogP contribution in [0.15, 0.2) is 34.7 Å². The Kier molecular flexibility index (Phi) is 3.84. The zero-order chi connectivity index (χ0) is 14.7. The van der Waals surface area contributed by atoms with E-state index in [0.29, 0.717) is 17.1 Å². The molecular weight excluding hydrogens is 262 g/mol. The van der Waals surface area contributed by atoms with Crippen LogP contribution in [0.3, 0.4) is 0 Å². The molecule has 6 nitrogen and oxygen atoms in total. The van der Waals surface area contributed by atoms with Crippen LogP contribution in [0.25, 0.3) is 11.3 Å². The van der Waals surface area contributed by atoms with E-state index in [1.807, 2.05) is 0 Å². The molecule has 0 aliphatic heterocycles. The number of ketones is 1. The molecule has 0 atom stereocenters. The maximum absolute atomic E-state index is 11.0. The number of hydrogen-bond donors (Lipinski definition) is 0. The first-order chi connectivity index (χ1) is 9.51. The molecule has 0 aliphatic carbocycles. The number of rotatable bonds is 5. The second-order valence-corrected chi connectivity index (χ2v) is 4.29. The van der Waals surface area contributed by atoms with E-state index in [9.17, 15) is 14.9 Å². The monoisotopic (exact) mass is 275 g/mol. The molecule has 0 amide bonds. The normalized spacial score (nSPS) is 10.3. The number of furan rings is 1. The topological polar surface area (TPSA) is 82.6 Å². The smallest absolute Gasteiger partial charge is 0.311 e. The van der Waals surface area contributed by atoms with Gasteiger partial charge in [0, 0.05) is 11.6 Å². The molecule has 2 aromatic rings. The molecule has 20 heavy (non-hydrogen) atoms. The summed E-state index contributed by atoms with van der Waals surface area (Å²) in [6, 6.07) is 7.94. The van der Waals surface area contributed by atoms with Crippen LogP contribution in [-0.2, 0) is 11.2 Å². The van der Waals surface area contributed by atoms with Gasteiger partial charge >= 0.3 is 5.69 Å². The summed E-state index contributed by atoms with van der Waals surface area (Å²) in [4.78, 5) is 21.5. The van der Waals surface area contributed by atoms with Crippen molar-refractivity contribution in [2.24, 2.45) is 0 Å². The van der Waals surface area contributed by atoms with Crippen LogP contribution in [0, 0.1) is 10.1 Å². The molecule has 0 saturated carbocycles. The van der Waals surface area contributed by atoms with Gasteiger partial charge in [0.05, 0.1) is 18.5 Å². The average molecular weight is 275 g/mol. The van der Waals surface area contributed by atoms with E-state index in [0.717, 1.165) is 0 Å². The Balaban J connectivity index is 2.37. The highest BCUT2D eigenvalue weighted by Crippen LogP contribution is 2.32. The summed E-state index contributed by atoms with van der Waals surface area (Å²) in [6.45, 7) is 1.47. The van der Waals surface area contributed by atoms with Gasteiger partial charge in [-0.3, -0.25) is 14.9 Å². The lowest BCUT2D eigenvalue weighted by Gasteiger charge is -2.03. The number of nitro groups is 1. The standard InChI is InChI=1S/C14H13NO5/c1-9(16)7-11-4-6-13(20-11)10-3-5-14(19-2)12(8-10)15(17)18/h3-6,8H,7H2,1-2H3. The van der Waals surface area contributed by atoms with E-state index < -0.39 is 4.92 Å². The van der Waals surface area contributed by atoms with Crippen molar-refractivity contribution in [3.05, 3.63) is 46.2 Å². The van der Waals surface area contributed by atoms with Gasteiger partial charge in [-0.1, -0.05) is 0 Å². The van der Waals surface area contributed by atoms with Crippen molar-refractivity contribution in [1.82, 2.24) is 0 Å². The third kappa shape index (κ3) is 2.85. The largest absolute Gasteiger partial charge is 0.490 e. The molecule has 1 aromatic carbocycles. The Morgan fingerprint density at radius 3 is 2.70 bits per heavy atom. The number of hydrogen-bond acceptors (Lipinski definition) is 5. The fourth-order valence-corrected chi connectivity index (χ4v) is 1.86. The Bertz CT molecular complexity index is 659. The van der Waals surface area contributed by atoms with E-state index in [4.69, 9.17) is 9.15 Å². The Hall–Kier alpha value is -2.63. The fourth-order valence-electron chi connectivity index (χ4n) is 1.86. The molecule has 1 heterocycles. The van der Waals surface area contributed by atoms with Gasteiger partial charge in [0.1, 0.15) is 17.3 Å². The number of Topliss-reactive ketones (excluding diaryl/α,β-unsaturated/α-hetero) is 1. The lowest BCUT2D eigenvalue weighted by molar-refractivity contribution is -0.385. The quantitative estimate of drug-likeness (QED) is 0.618. The number of benzene rings is 1. The van der Waals surface area contributed by atoms with Gasteiger partial charge in [0.15, 0.2) is 5.75 Å². The van der Waals surface area contributed by atoms with Crippen LogP contribution < -0.4 is 4.74 Å². The highest BCUT2D eigenvalue weighted by Gasteiger charge is 2.17. The summed E-state index contributed by atoms with van der Waals surface area (Å²) in [5.41, 5.74) is 0.432. The fraction of sp³-hybridized carbons (Fsp3) is 0.214. The van der Waals surface area contributed by atoms with Crippen LogP contribution in [-0.4, -0.2) is 17.8 Å². The minimum absolute atomic E-state index is 0.00777. The molecule has 0 unspecified atom stereocenters. The predicted octanol–water partition coefficient (Wildman–Crippen LogP) is 2.99. The molecule has 0 saturated heterocycles. The van der Waals surface area contributed by atoms with Crippen molar-refractivity contribution >= 4 is 11.5 Å². The minimum Gasteiger partial charge on any atom is -0.490 e. The summed E-state index contributed by atoms with van der Waals surface area (Å²) in [5, 5.41) is 11.0. The summed E-state index contributed by atoms with van der Waals surface area (Å²) >= 11 is 0. The maximum atomic E-state index is 11.0. The Labute approximate surface area is 115 Å². The van der Waals surface area contributed by atoms with Gasteiger partial charge in [-0.15, -0.1) is 0 Å². The second-order valence-electron chi connectivity index (χ2n) is 4.29. The van der Waals surface area contributed by atoms with Crippen molar-refractivity contribution in [2.45, 2.75) is 13.3 Å². The number of ether oxygens (including phenoxy) is 1.